The summed E-state index contributed by atoms with van der Waals surface area (Å²) < 4.78 is 50.1. The number of nitrogens with zero attached hydrogens (tertiary/aromatic N) is 3. The number of alkyl halides is 3. The molecular formula is C32H36F3N5O4. The van der Waals surface area contributed by atoms with E-state index in [0.717, 1.165) is 68.0 Å². The van der Waals surface area contributed by atoms with E-state index in [1.54, 1.807) is 18.3 Å². The number of aromatic amines is 1. The number of aromatic nitrogens is 2. The number of likely N-dealkylation sites (tertiary alicyclic amines) is 2. The Morgan fingerprint density at radius 2 is 1.84 bits per heavy atom. The lowest BCUT2D eigenvalue weighted by Crippen LogP contribution is -2.46. The Morgan fingerprint density at radius 3 is 2.59 bits per heavy atom. The smallest absolute Gasteiger partial charge is 0.490 e. The highest BCUT2D eigenvalue weighted by Crippen LogP contribution is 2.29. The van der Waals surface area contributed by atoms with Gasteiger partial charge in [-0.3, -0.25) is 14.7 Å². The minimum Gasteiger partial charge on any atom is -0.490 e. The Labute approximate surface area is 253 Å². The summed E-state index contributed by atoms with van der Waals surface area (Å²) in [6.45, 7) is 4.29. The molecule has 0 radical (unpaired) electrons. The lowest BCUT2D eigenvalue weighted by molar-refractivity contribution is -0.206. The van der Waals surface area contributed by atoms with E-state index in [0.29, 0.717) is 23.6 Å². The summed E-state index contributed by atoms with van der Waals surface area (Å²) >= 11 is 0. The van der Waals surface area contributed by atoms with Gasteiger partial charge in [0.1, 0.15) is 18.5 Å². The highest BCUT2D eigenvalue weighted by atomic mass is 19.4. The quantitative estimate of drug-likeness (QED) is 0.327. The van der Waals surface area contributed by atoms with E-state index in [1.807, 2.05) is 30.3 Å². The molecule has 2 atom stereocenters. The van der Waals surface area contributed by atoms with Gasteiger partial charge in [-0.15, -0.1) is 0 Å². The number of pyridine rings is 1. The highest BCUT2D eigenvalue weighted by molar-refractivity contribution is 5.97. The van der Waals surface area contributed by atoms with Gasteiger partial charge in [-0.05, 0) is 87.8 Å². The van der Waals surface area contributed by atoms with Crippen molar-refractivity contribution in [3.63, 3.8) is 0 Å². The molecule has 12 heteroatoms. The average Bonchev–Trinajstić information content (AvgIpc) is 3.78. The van der Waals surface area contributed by atoms with Crippen LogP contribution >= 0.6 is 0 Å². The molecule has 44 heavy (non-hydrogen) atoms. The molecule has 2 fully saturated rings. The van der Waals surface area contributed by atoms with Gasteiger partial charge in [-0.25, -0.2) is 4.79 Å². The van der Waals surface area contributed by atoms with Gasteiger partial charge >= 0.3 is 12.1 Å². The van der Waals surface area contributed by atoms with Gasteiger partial charge in [-0.1, -0.05) is 0 Å². The number of amides is 1. The predicted octanol–water partition coefficient (Wildman–Crippen LogP) is 4.44. The van der Waals surface area contributed by atoms with Crippen molar-refractivity contribution in [3.8, 4) is 28.3 Å². The number of hydrogen-bond acceptors (Lipinski definition) is 7. The van der Waals surface area contributed by atoms with E-state index in [9.17, 15) is 22.8 Å². The number of nitrogens with one attached hydrogen (secondary N) is 2. The first kappa shape index (κ1) is 30.1. The number of esters is 1. The van der Waals surface area contributed by atoms with Gasteiger partial charge in [0.25, 0.3) is 5.91 Å². The minimum absolute atomic E-state index is 0.0867. The maximum atomic E-state index is 13.1. The van der Waals surface area contributed by atoms with Crippen molar-refractivity contribution in [1.29, 1.82) is 0 Å². The van der Waals surface area contributed by atoms with E-state index in [1.165, 1.54) is 12.8 Å². The lowest BCUT2D eigenvalue weighted by atomic mass is 10.1. The maximum Gasteiger partial charge on any atom is 0.490 e. The number of rotatable bonds is 10. The largest absolute Gasteiger partial charge is 0.490 e. The van der Waals surface area contributed by atoms with Gasteiger partial charge in [0.05, 0.1) is 11.3 Å². The SMILES string of the molecule is O=C1NCCc2[nH]c(-c3ccnc(-c4ccc(OCC(CN5CCC[C@@H]5CN5CCCC5)OC(=O)C(F)(F)F)cc4)c3)cc21. The fourth-order valence-corrected chi connectivity index (χ4v) is 6.33. The molecule has 3 aromatic rings. The van der Waals surface area contributed by atoms with Crippen molar-refractivity contribution in [1.82, 2.24) is 25.1 Å². The molecule has 1 aromatic carbocycles. The minimum atomic E-state index is -5.08. The Hall–Kier alpha value is -3.90. The monoisotopic (exact) mass is 611 g/mol. The molecule has 1 unspecified atom stereocenters. The average molecular weight is 612 g/mol. The number of fused-ring (bicyclic) bond motifs is 1. The Balaban J connectivity index is 1.11. The molecule has 2 saturated heterocycles. The number of carbonyl (C=O) groups excluding carboxylic acids is 2. The van der Waals surface area contributed by atoms with Crippen LogP contribution in [0.2, 0.25) is 0 Å². The molecule has 0 saturated carbocycles. The summed E-state index contributed by atoms with van der Waals surface area (Å²) in [5.74, 6) is -1.85. The summed E-state index contributed by atoms with van der Waals surface area (Å²) in [5.41, 5.74) is 4.80. The number of carbonyl (C=O) groups is 2. The summed E-state index contributed by atoms with van der Waals surface area (Å²) in [5, 5.41) is 2.85. The first-order valence-corrected chi connectivity index (χ1v) is 15.2. The van der Waals surface area contributed by atoms with Crippen LogP contribution in [0.5, 0.6) is 5.75 Å². The van der Waals surface area contributed by atoms with E-state index < -0.39 is 18.2 Å². The molecule has 9 nitrogen and oxygen atoms in total. The van der Waals surface area contributed by atoms with Crippen LogP contribution in [-0.4, -0.2) is 95.8 Å². The summed E-state index contributed by atoms with van der Waals surface area (Å²) in [4.78, 5) is 36.3. The topological polar surface area (TPSA) is 99.8 Å². The van der Waals surface area contributed by atoms with Crippen LogP contribution < -0.4 is 10.1 Å². The third-order valence-corrected chi connectivity index (χ3v) is 8.57. The van der Waals surface area contributed by atoms with Crippen LogP contribution in [0.15, 0.2) is 48.7 Å². The normalized spacial score (nSPS) is 19.9. The predicted molar refractivity (Wildman–Crippen MR) is 157 cm³/mol. The third-order valence-electron chi connectivity index (χ3n) is 8.57. The zero-order chi connectivity index (χ0) is 30.7. The Morgan fingerprint density at radius 1 is 1.05 bits per heavy atom. The Bertz CT molecular complexity index is 1470. The molecule has 0 aliphatic carbocycles. The van der Waals surface area contributed by atoms with E-state index >= 15 is 0 Å². The lowest BCUT2D eigenvalue weighted by Gasteiger charge is -2.31. The fourth-order valence-electron chi connectivity index (χ4n) is 6.33. The van der Waals surface area contributed by atoms with Gasteiger partial charge in [0.2, 0.25) is 0 Å². The van der Waals surface area contributed by atoms with E-state index in [2.05, 4.69) is 25.1 Å². The van der Waals surface area contributed by atoms with Crippen LogP contribution in [0.25, 0.3) is 22.5 Å². The summed E-state index contributed by atoms with van der Waals surface area (Å²) in [7, 11) is 0. The molecule has 5 heterocycles. The van der Waals surface area contributed by atoms with Gasteiger partial charge in [0.15, 0.2) is 0 Å². The molecule has 3 aliphatic rings. The van der Waals surface area contributed by atoms with Crippen LogP contribution in [0.3, 0.4) is 0 Å². The molecule has 6 rings (SSSR count). The zero-order valence-corrected chi connectivity index (χ0v) is 24.4. The third kappa shape index (κ3) is 7.07. The second-order valence-corrected chi connectivity index (χ2v) is 11.7. The molecule has 1 amide bonds. The van der Waals surface area contributed by atoms with Gasteiger partial charge < -0.3 is 24.7 Å². The standard InChI is InChI=1S/C32H36F3N5O4/c33-32(34,35)31(42)44-25(19-40-15-3-4-23(40)18-39-13-1-2-14-39)20-43-24-7-5-21(6-8-24)28-16-22(9-11-36-28)29-17-26-27(38-29)10-12-37-30(26)41/h5-9,11,16-17,23,25,38H,1-4,10,12-15,18-20H2,(H,37,41)/t23-,25?/m1/s1. The van der Waals surface area contributed by atoms with Crippen LogP contribution in [0, 0.1) is 0 Å². The summed E-state index contributed by atoms with van der Waals surface area (Å²) in [6, 6.07) is 12.9. The molecule has 3 aliphatic heterocycles. The zero-order valence-electron chi connectivity index (χ0n) is 24.4. The van der Waals surface area contributed by atoms with Crippen molar-refractivity contribution in [2.75, 3.05) is 45.9 Å². The summed E-state index contributed by atoms with van der Waals surface area (Å²) in [6.07, 6.45) is 0.552. The van der Waals surface area contributed by atoms with Gasteiger partial charge in [-0.2, -0.15) is 13.2 Å². The molecule has 2 N–H and O–H groups in total. The van der Waals surface area contributed by atoms with Gasteiger partial charge in [0, 0.05) is 60.8 Å². The van der Waals surface area contributed by atoms with Crippen molar-refractivity contribution in [2.45, 2.75) is 50.4 Å². The van der Waals surface area contributed by atoms with Crippen molar-refractivity contribution >= 4 is 11.9 Å². The first-order valence-electron chi connectivity index (χ1n) is 15.2. The first-order chi connectivity index (χ1) is 21.2. The molecule has 2 aromatic heterocycles. The highest BCUT2D eigenvalue weighted by Gasteiger charge is 2.43. The molecule has 0 bridgehead atoms. The molecule has 0 spiro atoms. The number of halogens is 3. The maximum absolute atomic E-state index is 13.1. The number of hydrogen-bond donors (Lipinski definition) is 2. The van der Waals surface area contributed by atoms with Crippen LogP contribution in [0.1, 0.15) is 41.7 Å². The fraction of sp³-hybridized carbons (Fsp3) is 0.469. The van der Waals surface area contributed by atoms with Crippen LogP contribution in [0.4, 0.5) is 13.2 Å². The Kier molecular flexibility index (Phi) is 8.90. The number of ether oxygens (including phenoxy) is 2. The second kappa shape index (κ2) is 13.0. The molecular weight excluding hydrogens is 575 g/mol. The van der Waals surface area contributed by atoms with Crippen LogP contribution in [-0.2, 0) is 16.0 Å². The number of H-pyrrole nitrogens is 1. The van der Waals surface area contributed by atoms with E-state index in [-0.39, 0.29) is 25.1 Å². The second-order valence-electron chi connectivity index (χ2n) is 11.7. The number of benzene rings is 1. The molecule has 234 valence electrons. The van der Waals surface area contributed by atoms with Crippen molar-refractivity contribution in [3.05, 3.63) is 59.9 Å². The van der Waals surface area contributed by atoms with Crippen molar-refractivity contribution < 1.29 is 32.2 Å². The van der Waals surface area contributed by atoms with Crippen molar-refractivity contribution in [2.24, 2.45) is 0 Å². The van der Waals surface area contributed by atoms with E-state index in [4.69, 9.17) is 9.47 Å².